The van der Waals surface area contributed by atoms with E-state index in [2.05, 4.69) is 0 Å². The largest absolute Gasteiger partial charge is 0.444 e. The Kier molecular flexibility index (Phi) is 4.89. The fraction of sp³-hybridized carbons (Fsp3) is 0.588. The molecule has 0 bridgehead atoms. The zero-order valence-corrected chi connectivity index (χ0v) is 16.3. The minimum Gasteiger partial charge on any atom is -0.444 e. The summed E-state index contributed by atoms with van der Waals surface area (Å²) < 4.78 is 32.6. The van der Waals surface area contributed by atoms with Gasteiger partial charge in [0.25, 0.3) is 5.69 Å². The van der Waals surface area contributed by atoms with Crippen LogP contribution in [0.25, 0.3) is 0 Å². The van der Waals surface area contributed by atoms with Crippen molar-refractivity contribution in [3.8, 4) is 0 Å². The highest BCUT2D eigenvalue weighted by atomic mass is 32.2. The van der Waals surface area contributed by atoms with Crippen LogP contribution in [0.4, 0.5) is 10.5 Å². The summed E-state index contributed by atoms with van der Waals surface area (Å²) in [6.45, 7) is 6.35. The third-order valence-electron chi connectivity index (χ3n) is 4.81. The number of amides is 1. The fourth-order valence-electron chi connectivity index (χ4n) is 3.47. The van der Waals surface area contributed by atoms with E-state index < -0.39 is 38.4 Å². The highest BCUT2D eigenvalue weighted by molar-refractivity contribution is 7.89. The number of fused-ring (bicyclic) bond motifs is 1. The van der Waals surface area contributed by atoms with E-state index in [1.165, 1.54) is 33.5 Å². The normalized spacial score (nSPS) is 23.3. The SMILES string of the molecule is CC(C)(C)OC(=O)N1CC[C@H]2CN(S(=O)(=O)c3ccccc3[N+](=O)[O-])[C@H]2C1. The molecular formula is C17H23N3O6S. The van der Waals surface area contributed by atoms with Crippen molar-refractivity contribution in [3.05, 3.63) is 34.4 Å². The summed E-state index contributed by atoms with van der Waals surface area (Å²) in [6, 6.07) is 4.93. The van der Waals surface area contributed by atoms with Crippen molar-refractivity contribution in [1.82, 2.24) is 9.21 Å². The molecule has 2 aliphatic rings. The molecule has 2 fully saturated rings. The number of sulfonamides is 1. The molecule has 0 aromatic heterocycles. The highest BCUT2D eigenvalue weighted by Crippen LogP contribution is 2.39. The predicted octanol–water partition coefficient (Wildman–Crippen LogP) is 2.22. The summed E-state index contributed by atoms with van der Waals surface area (Å²) in [5.74, 6) is 0.140. The second-order valence-corrected chi connectivity index (χ2v) is 9.70. The Hall–Kier alpha value is -2.20. The van der Waals surface area contributed by atoms with Crippen LogP contribution in [0.3, 0.4) is 0 Å². The maximum absolute atomic E-state index is 13.0. The molecule has 0 saturated carbocycles. The zero-order valence-electron chi connectivity index (χ0n) is 15.5. The van der Waals surface area contributed by atoms with Gasteiger partial charge in [-0.2, -0.15) is 4.31 Å². The Balaban J connectivity index is 1.80. The third-order valence-corrected chi connectivity index (χ3v) is 6.74. The van der Waals surface area contributed by atoms with Gasteiger partial charge < -0.3 is 9.64 Å². The number of benzene rings is 1. The Labute approximate surface area is 158 Å². The zero-order chi connectivity index (χ0) is 20.0. The summed E-state index contributed by atoms with van der Waals surface area (Å²) in [5, 5.41) is 11.2. The van der Waals surface area contributed by atoms with E-state index in [1.54, 1.807) is 20.8 Å². The van der Waals surface area contributed by atoms with Gasteiger partial charge in [-0.3, -0.25) is 10.1 Å². The van der Waals surface area contributed by atoms with E-state index in [-0.39, 0.29) is 17.4 Å². The lowest BCUT2D eigenvalue weighted by molar-refractivity contribution is -0.387. The second-order valence-electron chi connectivity index (χ2n) is 7.84. The molecule has 2 saturated heterocycles. The van der Waals surface area contributed by atoms with Gasteiger partial charge in [0.2, 0.25) is 10.0 Å². The number of ether oxygens (including phenoxy) is 1. The smallest absolute Gasteiger partial charge is 0.410 e. The molecule has 0 radical (unpaired) electrons. The van der Waals surface area contributed by atoms with Crippen molar-refractivity contribution in [3.63, 3.8) is 0 Å². The third kappa shape index (κ3) is 3.77. The van der Waals surface area contributed by atoms with Gasteiger partial charge in [0.1, 0.15) is 5.60 Å². The average molecular weight is 397 g/mol. The molecule has 1 aromatic rings. The number of nitro groups is 1. The van der Waals surface area contributed by atoms with Gasteiger partial charge >= 0.3 is 6.09 Å². The van der Waals surface area contributed by atoms with E-state index in [4.69, 9.17) is 4.74 Å². The van der Waals surface area contributed by atoms with Gasteiger partial charge in [0, 0.05) is 31.7 Å². The molecule has 2 aliphatic heterocycles. The predicted molar refractivity (Wildman–Crippen MR) is 96.7 cm³/mol. The number of hydrogen-bond donors (Lipinski definition) is 0. The summed E-state index contributed by atoms with van der Waals surface area (Å²) in [7, 11) is -4.02. The molecule has 1 aromatic carbocycles. The first-order chi connectivity index (χ1) is 12.5. The van der Waals surface area contributed by atoms with E-state index in [1.807, 2.05) is 0 Å². The number of piperidine rings is 1. The van der Waals surface area contributed by atoms with Crippen LogP contribution in [0.5, 0.6) is 0 Å². The second kappa shape index (κ2) is 6.75. The average Bonchev–Trinajstić information content (AvgIpc) is 2.54. The topological polar surface area (TPSA) is 110 Å². The van der Waals surface area contributed by atoms with Crippen LogP contribution in [0.15, 0.2) is 29.2 Å². The molecule has 148 valence electrons. The lowest BCUT2D eigenvalue weighted by atomic mass is 9.85. The molecule has 0 spiro atoms. The number of carbonyl (C=O) groups excluding carboxylic acids is 1. The first kappa shape index (κ1) is 19.6. The number of nitro benzene ring substituents is 1. The van der Waals surface area contributed by atoms with Crippen LogP contribution in [0.1, 0.15) is 27.2 Å². The van der Waals surface area contributed by atoms with Crippen molar-refractivity contribution in [2.24, 2.45) is 5.92 Å². The molecular weight excluding hydrogens is 374 g/mol. The van der Waals surface area contributed by atoms with Crippen LogP contribution in [-0.4, -0.2) is 59.9 Å². The monoisotopic (exact) mass is 397 g/mol. The number of likely N-dealkylation sites (tertiary alicyclic amines) is 1. The van der Waals surface area contributed by atoms with Gasteiger partial charge in [-0.25, -0.2) is 13.2 Å². The number of nitrogens with zero attached hydrogens (tertiary/aromatic N) is 3. The molecule has 2 heterocycles. The molecule has 2 atom stereocenters. The van der Waals surface area contributed by atoms with Crippen molar-refractivity contribution in [2.75, 3.05) is 19.6 Å². The maximum atomic E-state index is 13.0. The van der Waals surface area contributed by atoms with Gasteiger partial charge in [-0.05, 0) is 39.2 Å². The number of rotatable bonds is 3. The van der Waals surface area contributed by atoms with Gasteiger partial charge in [0.15, 0.2) is 4.90 Å². The molecule has 0 aliphatic carbocycles. The number of para-hydroxylation sites is 1. The molecule has 9 nitrogen and oxygen atoms in total. The van der Waals surface area contributed by atoms with Gasteiger partial charge in [-0.15, -0.1) is 0 Å². The van der Waals surface area contributed by atoms with Crippen molar-refractivity contribution < 1.29 is 22.9 Å². The highest BCUT2D eigenvalue weighted by Gasteiger charge is 2.50. The summed E-state index contributed by atoms with van der Waals surface area (Å²) in [6.07, 6.45) is 0.197. The summed E-state index contributed by atoms with van der Waals surface area (Å²) in [4.78, 5) is 24.0. The lowest BCUT2D eigenvalue weighted by Gasteiger charge is -2.51. The van der Waals surface area contributed by atoms with Crippen LogP contribution in [0, 0.1) is 16.0 Å². The minimum atomic E-state index is -4.02. The van der Waals surface area contributed by atoms with Gasteiger partial charge in [0.05, 0.1) is 4.92 Å². The molecule has 3 rings (SSSR count). The van der Waals surface area contributed by atoms with E-state index >= 15 is 0 Å². The van der Waals surface area contributed by atoms with E-state index in [0.29, 0.717) is 19.5 Å². The molecule has 10 heteroatoms. The van der Waals surface area contributed by atoms with Crippen LogP contribution < -0.4 is 0 Å². The van der Waals surface area contributed by atoms with E-state index in [9.17, 15) is 23.3 Å². The Morgan fingerprint density at radius 3 is 2.56 bits per heavy atom. The first-order valence-corrected chi connectivity index (χ1v) is 10.2. The molecule has 0 unspecified atom stereocenters. The standard InChI is InChI=1S/C17H23N3O6S/c1-17(2,3)26-16(21)18-9-8-12-10-19(14(12)11-18)27(24,25)15-7-5-4-6-13(15)20(22)23/h4-7,12,14H,8-11H2,1-3H3/t12-,14-/m0/s1. The number of carbonyl (C=O) groups is 1. The fourth-order valence-corrected chi connectivity index (χ4v) is 5.36. The Morgan fingerprint density at radius 1 is 1.26 bits per heavy atom. The van der Waals surface area contributed by atoms with E-state index in [0.717, 1.165) is 0 Å². The Morgan fingerprint density at radius 2 is 1.93 bits per heavy atom. The number of hydrogen-bond acceptors (Lipinski definition) is 6. The van der Waals surface area contributed by atoms with Crippen molar-refractivity contribution in [2.45, 2.75) is 43.7 Å². The Bertz CT molecular complexity index is 864. The van der Waals surface area contributed by atoms with Gasteiger partial charge in [-0.1, -0.05) is 12.1 Å². The first-order valence-electron chi connectivity index (χ1n) is 8.74. The molecule has 0 N–H and O–H groups in total. The maximum Gasteiger partial charge on any atom is 0.410 e. The van der Waals surface area contributed by atoms with Crippen LogP contribution in [-0.2, 0) is 14.8 Å². The van der Waals surface area contributed by atoms with Crippen molar-refractivity contribution >= 4 is 21.8 Å². The summed E-state index contributed by atoms with van der Waals surface area (Å²) in [5.41, 5.74) is -1.08. The molecule has 1 amide bonds. The minimum absolute atomic E-state index is 0.140. The molecule has 27 heavy (non-hydrogen) atoms. The van der Waals surface area contributed by atoms with Crippen LogP contribution >= 0.6 is 0 Å². The lowest BCUT2D eigenvalue weighted by Crippen LogP contribution is -2.66. The van der Waals surface area contributed by atoms with Crippen LogP contribution in [0.2, 0.25) is 0 Å². The quantitative estimate of drug-likeness (QED) is 0.571. The van der Waals surface area contributed by atoms with Crippen molar-refractivity contribution in [1.29, 1.82) is 0 Å². The summed E-state index contributed by atoms with van der Waals surface area (Å²) >= 11 is 0.